The Bertz CT molecular complexity index is 523. The lowest BCUT2D eigenvalue weighted by atomic mass is 10.1. The molecule has 3 nitrogen and oxygen atoms in total. The third-order valence-corrected chi connectivity index (χ3v) is 3.19. The molecule has 1 aromatic carbocycles. The molecule has 0 amide bonds. The summed E-state index contributed by atoms with van der Waals surface area (Å²) in [5, 5.41) is 3.49. The molecule has 0 radical (unpaired) electrons. The summed E-state index contributed by atoms with van der Waals surface area (Å²) in [6.45, 7) is 7.10. The highest BCUT2D eigenvalue weighted by Crippen LogP contribution is 2.14. The van der Waals surface area contributed by atoms with Crippen molar-refractivity contribution in [1.29, 1.82) is 0 Å². The van der Waals surface area contributed by atoms with Crippen LogP contribution in [0.15, 0.2) is 36.7 Å². The molecule has 3 heteroatoms. The van der Waals surface area contributed by atoms with Gasteiger partial charge < -0.3 is 5.32 Å². The van der Waals surface area contributed by atoms with E-state index in [-0.39, 0.29) is 6.04 Å². The normalized spacial score (nSPS) is 12.4. The van der Waals surface area contributed by atoms with Gasteiger partial charge in [0.15, 0.2) is 0 Å². The fourth-order valence-electron chi connectivity index (χ4n) is 2.01. The van der Waals surface area contributed by atoms with Crippen LogP contribution in [0.2, 0.25) is 0 Å². The molecule has 1 unspecified atom stereocenters. The maximum absolute atomic E-state index is 4.39. The first-order valence-electron chi connectivity index (χ1n) is 6.24. The molecule has 0 aliphatic rings. The molecule has 0 saturated carbocycles. The summed E-state index contributed by atoms with van der Waals surface area (Å²) in [5.74, 6) is 0. The van der Waals surface area contributed by atoms with Crippen molar-refractivity contribution in [3.8, 4) is 0 Å². The van der Waals surface area contributed by atoms with Crippen LogP contribution in [0.3, 0.4) is 0 Å². The lowest BCUT2D eigenvalue weighted by Gasteiger charge is -2.15. The van der Waals surface area contributed by atoms with E-state index in [9.17, 15) is 0 Å². The Balaban J connectivity index is 2.03. The van der Waals surface area contributed by atoms with Crippen LogP contribution in [0.5, 0.6) is 0 Å². The van der Waals surface area contributed by atoms with Crippen molar-refractivity contribution in [3.05, 3.63) is 59.2 Å². The van der Waals surface area contributed by atoms with E-state index in [1.54, 1.807) is 12.4 Å². The van der Waals surface area contributed by atoms with Crippen molar-refractivity contribution in [1.82, 2.24) is 15.3 Å². The third-order valence-electron chi connectivity index (χ3n) is 3.19. The fourth-order valence-corrected chi connectivity index (χ4v) is 2.01. The second-order valence-electron chi connectivity index (χ2n) is 4.56. The maximum atomic E-state index is 4.39. The summed E-state index contributed by atoms with van der Waals surface area (Å²) in [6.07, 6.45) is 3.47. The zero-order chi connectivity index (χ0) is 13.0. The van der Waals surface area contributed by atoms with E-state index >= 15 is 0 Å². The van der Waals surface area contributed by atoms with Gasteiger partial charge in [-0.15, -0.1) is 0 Å². The van der Waals surface area contributed by atoms with E-state index in [4.69, 9.17) is 0 Å². The van der Waals surface area contributed by atoms with Gasteiger partial charge in [0.25, 0.3) is 0 Å². The van der Waals surface area contributed by atoms with Crippen LogP contribution < -0.4 is 5.32 Å². The van der Waals surface area contributed by atoms with Crippen LogP contribution in [-0.2, 0) is 6.54 Å². The van der Waals surface area contributed by atoms with E-state index < -0.39 is 0 Å². The zero-order valence-corrected chi connectivity index (χ0v) is 11.1. The second kappa shape index (κ2) is 5.74. The van der Waals surface area contributed by atoms with Crippen molar-refractivity contribution in [2.24, 2.45) is 0 Å². The van der Waals surface area contributed by atoms with Crippen LogP contribution in [0.1, 0.15) is 35.5 Å². The maximum Gasteiger partial charge on any atom is 0.0782 e. The monoisotopic (exact) mass is 241 g/mol. The molecule has 0 spiro atoms. The van der Waals surface area contributed by atoms with Crippen molar-refractivity contribution in [3.63, 3.8) is 0 Å². The first-order valence-corrected chi connectivity index (χ1v) is 6.24. The van der Waals surface area contributed by atoms with Gasteiger partial charge in [-0.3, -0.25) is 9.97 Å². The first kappa shape index (κ1) is 12.7. The molecule has 0 saturated heterocycles. The van der Waals surface area contributed by atoms with Gasteiger partial charge in [0, 0.05) is 25.0 Å². The predicted octanol–water partition coefficient (Wildman–Crippen LogP) is 2.94. The lowest BCUT2D eigenvalue weighted by molar-refractivity contribution is 0.554. The molecule has 2 aromatic rings. The minimum Gasteiger partial charge on any atom is -0.305 e. The van der Waals surface area contributed by atoms with Crippen LogP contribution in [0.25, 0.3) is 0 Å². The first-order chi connectivity index (χ1) is 8.68. The number of rotatable bonds is 4. The number of hydrogen-bond acceptors (Lipinski definition) is 3. The minimum atomic E-state index is 0.207. The number of benzene rings is 1. The summed E-state index contributed by atoms with van der Waals surface area (Å²) in [4.78, 5) is 8.66. The topological polar surface area (TPSA) is 37.8 Å². The summed E-state index contributed by atoms with van der Waals surface area (Å²) in [7, 11) is 0. The van der Waals surface area contributed by atoms with Crippen LogP contribution in [0, 0.1) is 13.8 Å². The van der Waals surface area contributed by atoms with E-state index in [1.807, 2.05) is 6.92 Å². The Labute approximate surface area is 108 Å². The van der Waals surface area contributed by atoms with Gasteiger partial charge in [-0.25, -0.2) is 0 Å². The van der Waals surface area contributed by atoms with Gasteiger partial charge in [0.2, 0.25) is 0 Å². The van der Waals surface area contributed by atoms with E-state index in [1.165, 1.54) is 11.1 Å². The van der Waals surface area contributed by atoms with E-state index in [0.717, 1.165) is 17.9 Å². The molecule has 18 heavy (non-hydrogen) atoms. The van der Waals surface area contributed by atoms with Gasteiger partial charge >= 0.3 is 0 Å². The summed E-state index contributed by atoms with van der Waals surface area (Å²) >= 11 is 0. The number of nitrogens with zero attached hydrogens (tertiary/aromatic N) is 2. The molecule has 1 N–H and O–H groups in total. The van der Waals surface area contributed by atoms with Crippen LogP contribution in [-0.4, -0.2) is 9.97 Å². The molecular weight excluding hydrogens is 222 g/mol. The largest absolute Gasteiger partial charge is 0.305 e. The van der Waals surface area contributed by atoms with E-state index in [2.05, 4.69) is 53.4 Å². The van der Waals surface area contributed by atoms with Gasteiger partial charge in [0.05, 0.1) is 11.4 Å². The zero-order valence-electron chi connectivity index (χ0n) is 11.1. The molecule has 0 aliphatic heterocycles. The average molecular weight is 241 g/mol. The van der Waals surface area contributed by atoms with Crippen molar-refractivity contribution >= 4 is 0 Å². The Morgan fingerprint density at radius 2 is 1.83 bits per heavy atom. The number of nitrogens with one attached hydrogen (secondary N) is 1. The minimum absolute atomic E-state index is 0.207. The van der Waals surface area contributed by atoms with Crippen molar-refractivity contribution < 1.29 is 0 Å². The summed E-state index contributed by atoms with van der Waals surface area (Å²) in [6, 6.07) is 8.63. The van der Waals surface area contributed by atoms with Crippen molar-refractivity contribution in [2.45, 2.75) is 33.4 Å². The van der Waals surface area contributed by atoms with Gasteiger partial charge in [-0.2, -0.15) is 0 Å². The SMILES string of the molecule is Cc1ccccc1CNC(C)c1nccnc1C. The highest BCUT2D eigenvalue weighted by Gasteiger charge is 2.10. The molecule has 1 heterocycles. The number of aromatic nitrogens is 2. The van der Waals surface area contributed by atoms with Gasteiger partial charge in [0.1, 0.15) is 0 Å². The standard InChI is InChI=1S/C15H19N3/c1-11-6-4-5-7-14(11)10-18-13(3)15-12(2)16-8-9-17-15/h4-9,13,18H,10H2,1-3H3. The third kappa shape index (κ3) is 2.93. The summed E-state index contributed by atoms with van der Waals surface area (Å²) < 4.78 is 0. The smallest absolute Gasteiger partial charge is 0.0782 e. The molecule has 1 aromatic heterocycles. The Morgan fingerprint density at radius 3 is 2.56 bits per heavy atom. The quantitative estimate of drug-likeness (QED) is 0.894. The molecule has 1 atom stereocenters. The average Bonchev–Trinajstić information content (AvgIpc) is 2.38. The number of aryl methyl sites for hydroxylation is 2. The fraction of sp³-hybridized carbons (Fsp3) is 0.333. The molecular formula is C15H19N3. The number of hydrogen-bond donors (Lipinski definition) is 1. The van der Waals surface area contributed by atoms with Crippen LogP contribution >= 0.6 is 0 Å². The summed E-state index contributed by atoms with van der Waals surface area (Å²) in [5.41, 5.74) is 4.65. The Morgan fingerprint density at radius 1 is 1.11 bits per heavy atom. The molecule has 0 fully saturated rings. The van der Waals surface area contributed by atoms with Gasteiger partial charge in [-0.1, -0.05) is 24.3 Å². The lowest BCUT2D eigenvalue weighted by Crippen LogP contribution is -2.20. The molecule has 0 aliphatic carbocycles. The predicted molar refractivity (Wildman–Crippen MR) is 73.2 cm³/mol. The Hall–Kier alpha value is -1.74. The van der Waals surface area contributed by atoms with Gasteiger partial charge in [-0.05, 0) is 31.9 Å². The molecule has 0 bridgehead atoms. The van der Waals surface area contributed by atoms with Crippen molar-refractivity contribution in [2.75, 3.05) is 0 Å². The Kier molecular flexibility index (Phi) is 4.05. The second-order valence-corrected chi connectivity index (χ2v) is 4.56. The van der Waals surface area contributed by atoms with E-state index in [0.29, 0.717) is 0 Å². The molecule has 2 rings (SSSR count). The highest BCUT2D eigenvalue weighted by atomic mass is 14.9. The molecule has 94 valence electrons. The highest BCUT2D eigenvalue weighted by molar-refractivity contribution is 5.25. The van der Waals surface area contributed by atoms with Crippen LogP contribution in [0.4, 0.5) is 0 Å².